The summed E-state index contributed by atoms with van der Waals surface area (Å²) in [6.45, 7) is 4.52. The van der Waals surface area contributed by atoms with Crippen molar-refractivity contribution in [2.24, 2.45) is 5.92 Å². The minimum atomic E-state index is 0.861. The summed E-state index contributed by atoms with van der Waals surface area (Å²) in [6, 6.07) is 6.28. The molecule has 2 unspecified atom stereocenters. The van der Waals surface area contributed by atoms with Crippen LogP contribution in [-0.4, -0.2) is 5.25 Å². The molecule has 0 amide bonds. The molecule has 1 fully saturated rings. The predicted octanol–water partition coefficient (Wildman–Crippen LogP) is 4.39. The molecular formula is C15H23NS. The zero-order chi connectivity index (χ0) is 12.3. The van der Waals surface area contributed by atoms with Gasteiger partial charge in [-0.05, 0) is 42.9 Å². The molecule has 2 N–H and O–H groups in total. The van der Waals surface area contributed by atoms with E-state index in [1.807, 2.05) is 6.07 Å². The van der Waals surface area contributed by atoms with Gasteiger partial charge in [-0.25, -0.2) is 0 Å². The highest BCUT2D eigenvalue weighted by molar-refractivity contribution is 7.99. The van der Waals surface area contributed by atoms with Gasteiger partial charge in [0.25, 0.3) is 0 Å². The largest absolute Gasteiger partial charge is 0.399 e. The molecule has 2 rings (SSSR count). The highest BCUT2D eigenvalue weighted by Crippen LogP contribution is 2.34. The fourth-order valence-electron chi connectivity index (χ4n) is 2.60. The lowest BCUT2D eigenvalue weighted by Crippen LogP contribution is -2.15. The SMILES string of the molecule is Cc1c(N)cccc1CSC1CCCC(C)C1. The van der Waals surface area contributed by atoms with E-state index in [2.05, 4.69) is 37.7 Å². The first kappa shape index (κ1) is 12.8. The molecule has 0 radical (unpaired) electrons. The zero-order valence-electron chi connectivity index (χ0n) is 10.9. The van der Waals surface area contributed by atoms with Crippen LogP contribution in [0.4, 0.5) is 5.69 Å². The minimum absolute atomic E-state index is 0.861. The molecule has 0 spiro atoms. The normalized spacial score (nSPS) is 24.8. The number of hydrogen-bond acceptors (Lipinski definition) is 2. The second-order valence-corrected chi connectivity index (χ2v) is 6.62. The van der Waals surface area contributed by atoms with Crippen molar-refractivity contribution in [1.29, 1.82) is 0 Å². The topological polar surface area (TPSA) is 26.0 Å². The van der Waals surface area contributed by atoms with Gasteiger partial charge < -0.3 is 5.73 Å². The molecule has 0 aromatic heterocycles. The molecule has 94 valence electrons. The summed E-state index contributed by atoms with van der Waals surface area (Å²) in [5.41, 5.74) is 9.55. The maximum Gasteiger partial charge on any atom is 0.0346 e. The molecular weight excluding hydrogens is 226 g/mol. The number of nitrogen functional groups attached to an aromatic ring is 1. The van der Waals surface area contributed by atoms with Gasteiger partial charge >= 0.3 is 0 Å². The summed E-state index contributed by atoms with van der Waals surface area (Å²) in [7, 11) is 0. The van der Waals surface area contributed by atoms with E-state index in [1.54, 1.807) is 0 Å². The van der Waals surface area contributed by atoms with Crippen molar-refractivity contribution in [2.75, 3.05) is 5.73 Å². The third kappa shape index (κ3) is 3.41. The molecule has 2 atom stereocenters. The van der Waals surface area contributed by atoms with Crippen LogP contribution in [0.5, 0.6) is 0 Å². The van der Waals surface area contributed by atoms with E-state index in [1.165, 1.54) is 36.8 Å². The highest BCUT2D eigenvalue weighted by atomic mass is 32.2. The summed E-state index contributed by atoms with van der Waals surface area (Å²) in [5.74, 6) is 2.04. The first-order valence-corrected chi connectivity index (χ1v) is 7.67. The van der Waals surface area contributed by atoms with Gasteiger partial charge in [-0.1, -0.05) is 31.9 Å². The van der Waals surface area contributed by atoms with Gasteiger partial charge in [0.15, 0.2) is 0 Å². The number of nitrogens with two attached hydrogens (primary N) is 1. The number of benzene rings is 1. The Balaban J connectivity index is 1.91. The molecule has 0 aliphatic heterocycles. The van der Waals surface area contributed by atoms with Crippen LogP contribution in [-0.2, 0) is 5.75 Å². The number of thioether (sulfide) groups is 1. The average molecular weight is 249 g/mol. The Morgan fingerprint density at radius 1 is 1.35 bits per heavy atom. The van der Waals surface area contributed by atoms with Crippen molar-refractivity contribution < 1.29 is 0 Å². The summed E-state index contributed by atoms with van der Waals surface area (Å²) >= 11 is 2.12. The third-order valence-corrected chi connectivity index (χ3v) is 5.23. The van der Waals surface area contributed by atoms with Crippen molar-refractivity contribution >= 4 is 17.4 Å². The molecule has 1 aliphatic carbocycles. The molecule has 1 aromatic carbocycles. The van der Waals surface area contributed by atoms with Crippen molar-refractivity contribution in [3.05, 3.63) is 29.3 Å². The Kier molecular flexibility index (Phi) is 4.38. The van der Waals surface area contributed by atoms with Crippen LogP contribution in [0.2, 0.25) is 0 Å². The second-order valence-electron chi connectivity index (χ2n) is 5.34. The summed E-state index contributed by atoms with van der Waals surface area (Å²) in [6.07, 6.45) is 5.63. The van der Waals surface area contributed by atoms with Crippen molar-refractivity contribution in [3.8, 4) is 0 Å². The first-order valence-electron chi connectivity index (χ1n) is 6.62. The maximum absolute atomic E-state index is 5.94. The Morgan fingerprint density at radius 3 is 2.94 bits per heavy atom. The van der Waals surface area contributed by atoms with Crippen LogP contribution in [0, 0.1) is 12.8 Å². The van der Waals surface area contributed by atoms with Gasteiger partial charge in [0.1, 0.15) is 0 Å². The van der Waals surface area contributed by atoms with Gasteiger partial charge in [-0.2, -0.15) is 11.8 Å². The van der Waals surface area contributed by atoms with E-state index in [0.29, 0.717) is 0 Å². The first-order chi connectivity index (χ1) is 8.16. The molecule has 2 heteroatoms. The third-order valence-electron chi connectivity index (χ3n) is 3.85. The zero-order valence-corrected chi connectivity index (χ0v) is 11.7. The van der Waals surface area contributed by atoms with Gasteiger partial charge in [0.05, 0.1) is 0 Å². The molecule has 1 aromatic rings. The van der Waals surface area contributed by atoms with E-state index < -0.39 is 0 Å². The molecule has 1 aliphatic rings. The Bertz CT molecular complexity index is 375. The lowest BCUT2D eigenvalue weighted by molar-refractivity contribution is 0.394. The lowest BCUT2D eigenvalue weighted by atomic mass is 9.91. The molecule has 0 bridgehead atoms. The molecule has 0 saturated heterocycles. The van der Waals surface area contributed by atoms with Crippen molar-refractivity contribution in [2.45, 2.75) is 50.5 Å². The van der Waals surface area contributed by atoms with Crippen LogP contribution in [0.15, 0.2) is 18.2 Å². The van der Waals surface area contributed by atoms with E-state index in [9.17, 15) is 0 Å². The van der Waals surface area contributed by atoms with E-state index in [-0.39, 0.29) is 0 Å². The van der Waals surface area contributed by atoms with E-state index >= 15 is 0 Å². The van der Waals surface area contributed by atoms with Crippen LogP contribution < -0.4 is 5.73 Å². The predicted molar refractivity (Wildman–Crippen MR) is 78.3 cm³/mol. The molecule has 0 heterocycles. The highest BCUT2D eigenvalue weighted by Gasteiger charge is 2.19. The van der Waals surface area contributed by atoms with Crippen LogP contribution in [0.25, 0.3) is 0 Å². The molecule has 1 saturated carbocycles. The van der Waals surface area contributed by atoms with Gasteiger partial charge in [0.2, 0.25) is 0 Å². The smallest absolute Gasteiger partial charge is 0.0346 e. The quantitative estimate of drug-likeness (QED) is 0.804. The van der Waals surface area contributed by atoms with Crippen LogP contribution >= 0.6 is 11.8 Å². The molecule has 1 nitrogen and oxygen atoms in total. The van der Waals surface area contributed by atoms with E-state index in [4.69, 9.17) is 5.73 Å². The van der Waals surface area contributed by atoms with Crippen molar-refractivity contribution in [1.82, 2.24) is 0 Å². The van der Waals surface area contributed by atoms with Crippen LogP contribution in [0.3, 0.4) is 0 Å². The number of anilines is 1. The monoisotopic (exact) mass is 249 g/mol. The van der Waals surface area contributed by atoms with Gasteiger partial charge in [-0.15, -0.1) is 0 Å². The number of hydrogen-bond donors (Lipinski definition) is 1. The average Bonchev–Trinajstić information content (AvgIpc) is 2.31. The summed E-state index contributed by atoms with van der Waals surface area (Å²) in [5, 5.41) is 0.861. The fraction of sp³-hybridized carbons (Fsp3) is 0.600. The maximum atomic E-state index is 5.94. The summed E-state index contributed by atoms with van der Waals surface area (Å²) in [4.78, 5) is 0. The summed E-state index contributed by atoms with van der Waals surface area (Å²) < 4.78 is 0. The second kappa shape index (κ2) is 5.81. The van der Waals surface area contributed by atoms with Gasteiger partial charge in [-0.3, -0.25) is 0 Å². The molecule has 17 heavy (non-hydrogen) atoms. The van der Waals surface area contributed by atoms with E-state index in [0.717, 1.165) is 22.6 Å². The van der Waals surface area contributed by atoms with Gasteiger partial charge in [0, 0.05) is 16.7 Å². The fourth-order valence-corrected chi connectivity index (χ4v) is 4.12. The standard InChI is InChI=1S/C15H23NS/c1-11-5-3-7-14(9-11)17-10-13-6-4-8-15(16)12(13)2/h4,6,8,11,14H,3,5,7,9-10,16H2,1-2H3. The Hall–Kier alpha value is -0.630. The van der Waals surface area contributed by atoms with Crippen LogP contribution in [0.1, 0.15) is 43.7 Å². The Labute approximate surface area is 109 Å². The van der Waals surface area contributed by atoms with Crippen molar-refractivity contribution in [3.63, 3.8) is 0 Å². The lowest BCUT2D eigenvalue weighted by Gasteiger charge is -2.26. The Morgan fingerprint density at radius 2 is 2.18 bits per heavy atom. The number of rotatable bonds is 3. The minimum Gasteiger partial charge on any atom is -0.399 e.